The van der Waals surface area contributed by atoms with Gasteiger partial charge in [0.1, 0.15) is 0 Å². The van der Waals surface area contributed by atoms with E-state index in [0.29, 0.717) is 25.9 Å². The monoisotopic (exact) mass is 395 g/mol. The molecule has 3 aromatic rings. The van der Waals surface area contributed by atoms with Crippen LogP contribution in [0.2, 0.25) is 0 Å². The van der Waals surface area contributed by atoms with Gasteiger partial charge in [0, 0.05) is 43.7 Å². The van der Waals surface area contributed by atoms with E-state index in [4.69, 9.17) is 0 Å². The molecule has 0 aliphatic carbocycles. The van der Waals surface area contributed by atoms with Crippen molar-refractivity contribution in [3.05, 3.63) is 64.7 Å². The zero-order valence-electron chi connectivity index (χ0n) is 15.8. The van der Waals surface area contributed by atoms with Crippen molar-refractivity contribution in [3.63, 3.8) is 0 Å². The van der Waals surface area contributed by atoms with Crippen molar-refractivity contribution in [2.24, 2.45) is 0 Å². The molecule has 0 fully saturated rings. The average molecular weight is 396 g/mol. The number of hydrogen-bond donors (Lipinski definition) is 2. The number of pyridine rings is 1. The fourth-order valence-corrected chi connectivity index (χ4v) is 4.69. The molecule has 1 amide bonds. The highest BCUT2D eigenvalue weighted by Crippen LogP contribution is 2.24. The Morgan fingerprint density at radius 1 is 1.25 bits per heavy atom. The normalized spacial score (nSPS) is 15.3. The zero-order chi connectivity index (χ0) is 19.3. The summed E-state index contributed by atoms with van der Waals surface area (Å²) in [6, 6.07) is 14.5. The summed E-state index contributed by atoms with van der Waals surface area (Å²) in [5, 5.41) is 13.2. The van der Waals surface area contributed by atoms with Crippen molar-refractivity contribution in [1.82, 2.24) is 15.2 Å². The topological polar surface area (TPSA) is 65.5 Å². The van der Waals surface area contributed by atoms with Crippen LogP contribution in [0.5, 0.6) is 0 Å². The summed E-state index contributed by atoms with van der Waals surface area (Å²) in [6.07, 6.45) is 3.37. The lowest BCUT2D eigenvalue weighted by molar-refractivity contribution is -0.121. The Morgan fingerprint density at radius 2 is 2.11 bits per heavy atom. The molecule has 0 saturated heterocycles. The van der Waals surface area contributed by atoms with E-state index in [2.05, 4.69) is 45.5 Å². The van der Waals surface area contributed by atoms with E-state index >= 15 is 0 Å². The summed E-state index contributed by atoms with van der Waals surface area (Å²) in [6.45, 7) is 2.69. The quantitative estimate of drug-likeness (QED) is 0.646. The Morgan fingerprint density at radius 3 is 2.96 bits per heavy atom. The minimum Gasteiger partial charge on any atom is -0.390 e. The van der Waals surface area contributed by atoms with Crippen LogP contribution in [-0.4, -0.2) is 46.6 Å². The smallest absolute Gasteiger partial charge is 0.220 e. The van der Waals surface area contributed by atoms with Gasteiger partial charge in [-0.1, -0.05) is 24.3 Å². The van der Waals surface area contributed by atoms with Gasteiger partial charge in [0.2, 0.25) is 5.91 Å². The first-order chi connectivity index (χ1) is 13.7. The van der Waals surface area contributed by atoms with E-state index in [1.54, 1.807) is 17.5 Å². The maximum absolute atomic E-state index is 12.1. The van der Waals surface area contributed by atoms with E-state index in [1.807, 2.05) is 12.1 Å². The molecule has 3 heterocycles. The molecule has 2 aromatic heterocycles. The van der Waals surface area contributed by atoms with Crippen molar-refractivity contribution in [1.29, 1.82) is 0 Å². The first-order valence-electron chi connectivity index (χ1n) is 9.75. The second kappa shape index (κ2) is 8.82. The molecule has 1 aliphatic heterocycles. The highest BCUT2D eigenvalue weighted by atomic mass is 32.1. The number of β-amino-alcohol motifs (C(OH)–C–C–N with tert-alkyl or cyclic N) is 1. The van der Waals surface area contributed by atoms with E-state index in [9.17, 15) is 9.90 Å². The summed E-state index contributed by atoms with van der Waals surface area (Å²) in [5.74, 6) is -0.0199. The number of thiophene rings is 1. The molecule has 0 radical (unpaired) electrons. The van der Waals surface area contributed by atoms with Crippen LogP contribution < -0.4 is 5.32 Å². The summed E-state index contributed by atoms with van der Waals surface area (Å²) in [5.41, 5.74) is 3.72. The number of hydrogen-bond acceptors (Lipinski definition) is 5. The number of aromatic nitrogens is 1. The number of nitrogens with one attached hydrogen (secondary N) is 1. The average Bonchev–Trinajstić information content (AvgIpc) is 3.14. The van der Waals surface area contributed by atoms with Gasteiger partial charge in [-0.2, -0.15) is 0 Å². The van der Waals surface area contributed by atoms with E-state index in [0.717, 1.165) is 34.6 Å². The Hall–Kier alpha value is -2.28. The number of amides is 1. The fourth-order valence-electron chi connectivity index (χ4n) is 3.67. The van der Waals surface area contributed by atoms with Crippen LogP contribution in [0.3, 0.4) is 0 Å². The third kappa shape index (κ3) is 4.76. The number of rotatable bonds is 7. The number of aliphatic hydroxyl groups is 1. The van der Waals surface area contributed by atoms with E-state index in [-0.39, 0.29) is 5.91 Å². The summed E-state index contributed by atoms with van der Waals surface area (Å²) in [4.78, 5) is 19.9. The summed E-state index contributed by atoms with van der Waals surface area (Å²) in [7, 11) is 0. The minimum absolute atomic E-state index is 0.0199. The Labute approximate surface area is 169 Å². The SMILES string of the molecule is O=C(CCc1cc2ncccc2s1)NCC(O)CN1CCc2ccccc2C1. The number of aliphatic hydroxyl groups excluding tert-OH is 1. The molecule has 2 N–H and O–H groups in total. The van der Waals surface area contributed by atoms with Gasteiger partial charge in [0.05, 0.1) is 16.3 Å². The number of carbonyl (C=O) groups is 1. The highest BCUT2D eigenvalue weighted by molar-refractivity contribution is 7.19. The van der Waals surface area contributed by atoms with Gasteiger partial charge in [-0.15, -0.1) is 11.3 Å². The number of nitrogens with zero attached hydrogens (tertiary/aromatic N) is 2. The predicted molar refractivity (Wildman–Crippen MR) is 112 cm³/mol. The van der Waals surface area contributed by atoms with Crippen LogP contribution in [0, 0.1) is 0 Å². The fraction of sp³-hybridized carbons (Fsp3) is 0.364. The Bertz CT molecular complexity index is 923. The lowest BCUT2D eigenvalue weighted by Gasteiger charge is -2.30. The lowest BCUT2D eigenvalue weighted by atomic mass is 10.00. The van der Waals surface area contributed by atoms with Gasteiger partial charge >= 0.3 is 0 Å². The number of benzene rings is 1. The van der Waals surface area contributed by atoms with E-state index < -0.39 is 6.10 Å². The van der Waals surface area contributed by atoms with Crippen LogP contribution in [-0.2, 0) is 24.2 Å². The number of fused-ring (bicyclic) bond motifs is 2. The van der Waals surface area contributed by atoms with Gasteiger partial charge < -0.3 is 10.4 Å². The molecule has 4 rings (SSSR count). The van der Waals surface area contributed by atoms with Crippen molar-refractivity contribution < 1.29 is 9.90 Å². The molecule has 0 saturated carbocycles. The zero-order valence-corrected chi connectivity index (χ0v) is 16.6. The minimum atomic E-state index is -0.553. The molecule has 28 heavy (non-hydrogen) atoms. The molecule has 6 heteroatoms. The predicted octanol–water partition coefficient (Wildman–Crippen LogP) is 2.76. The summed E-state index contributed by atoms with van der Waals surface area (Å²) < 4.78 is 1.15. The van der Waals surface area contributed by atoms with Crippen molar-refractivity contribution in [2.45, 2.75) is 31.9 Å². The van der Waals surface area contributed by atoms with Crippen LogP contribution in [0.15, 0.2) is 48.7 Å². The molecular weight excluding hydrogens is 370 g/mol. The third-order valence-electron chi connectivity index (χ3n) is 5.15. The molecule has 0 spiro atoms. The summed E-state index contributed by atoms with van der Waals surface area (Å²) >= 11 is 1.68. The van der Waals surface area contributed by atoms with Crippen LogP contribution in [0.1, 0.15) is 22.4 Å². The first-order valence-corrected chi connectivity index (χ1v) is 10.6. The molecule has 0 bridgehead atoms. The molecule has 1 unspecified atom stereocenters. The Balaban J connectivity index is 1.19. The van der Waals surface area contributed by atoms with Crippen LogP contribution in [0.4, 0.5) is 0 Å². The second-order valence-electron chi connectivity index (χ2n) is 7.31. The van der Waals surface area contributed by atoms with Gasteiger partial charge in [0.25, 0.3) is 0 Å². The van der Waals surface area contributed by atoms with Crippen molar-refractivity contribution >= 4 is 27.5 Å². The van der Waals surface area contributed by atoms with Crippen molar-refractivity contribution in [2.75, 3.05) is 19.6 Å². The maximum Gasteiger partial charge on any atom is 0.220 e. The Kier molecular flexibility index (Phi) is 6.00. The maximum atomic E-state index is 12.1. The van der Waals surface area contributed by atoms with Gasteiger partial charge in [-0.05, 0) is 42.2 Å². The molecule has 1 aromatic carbocycles. The van der Waals surface area contributed by atoms with Gasteiger partial charge in [0.15, 0.2) is 0 Å². The molecular formula is C22H25N3O2S. The van der Waals surface area contributed by atoms with E-state index in [1.165, 1.54) is 11.1 Å². The lowest BCUT2D eigenvalue weighted by Crippen LogP contribution is -2.42. The first kappa shape index (κ1) is 19.1. The van der Waals surface area contributed by atoms with Crippen LogP contribution >= 0.6 is 11.3 Å². The molecule has 146 valence electrons. The molecule has 5 nitrogen and oxygen atoms in total. The highest BCUT2D eigenvalue weighted by Gasteiger charge is 2.18. The standard InChI is InChI=1S/C22H25N3O2S/c26-18(15-25-11-9-16-4-1-2-5-17(16)14-25)13-24-22(27)8-7-19-12-20-21(28-19)6-3-10-23-20/h1-6,10,12,18,26H,7-9,11,13-15H2,(H,24,27). The second-order valence-corrected chi connectivity index (χ2v) is 8.48. The third-order valence-corrected chi connectivity index (χ3v) is 6.30. The van der Waals surface area contributed by atoms with Crippen molar-refractivity contribution in [3.8, 4) is 0 Å². The van der Waals surface area contributed by atoms with Gasteiger partial charge in [-0.3, -0.25) is 14.7 Å². The number of aryl methyl sites for hydroxylation is 1. The molecule has 1 aliphatic rings. The largest absolute Gasteiger partial charge is 0.390 e. The van der Waals surface area contributed by atoms with Crippen LogP contribution in [0.25, 0.3) is 10.2 Å². The van der Waals surface area contributed by atoms with Gasteiger partial charge in [-0.25, -0.2) is 0 Å². The molecule has 1 atom stereocenters. The number of carbonyl (C=O) groups excluding carboxylic acids is 1.